The molecule has 1 aliphatic carbocycles. The first kappa shape index (κ1) is 22.1. The van der Waals surface area contributed by atoms with Gasteiger partial charge in [0.2, 0.25) is 0 Å². The fourth-order valence-corrected chi connectivity index (χ4v) is 3.63. The molecule has 3 aromatic rings. The minimum absolute atomic E-state index is 0.0482. The van der Waals surface area contributed by atoms with E-state index in [1.807, 2.05) is 0 Å². The Balaban J connectivity index is 1.25. The number of alkyl halides is 3. The Morgan fingerprint density at radius 2 is 2.15 bits per heavy atom. The zero-order valence-corrected chi connectivity index (χ0v) is 17.7. The highest BCUT2D eigenvalue weighted by molar-refractivity contribution is 5.90. The first-order valence-electron chi connectivity index (χ1n) is 10.6. The standard InChI is InChI=1S/C20H20F3N7O4/c21-20(22,23)34-14-3-4-15(16(8-14)32-13-1-2-13)18-27-28-19(33-18)17(31)26-11-7-12(24-9-11)10-30-6-5-25-29-30/h3-6,8,11-13,24H,1-2,7,9-10H2,(H,26,31)/t11-,12+/m1/s1. The Labute approximate surface area is 190 Å². The number of hydrogen-bond acceptors (Lipinski definition) is 9. The second-order valence-corrected chi connectivity index (χ2v) is 8.07. The Morgan fingerprint density at radius 3 is 2.88 bits per heavy atom. The van der Waals surface area contributed by atoms with E-state index in [1.54, 1.807) is 17.1 Å². The molecule has 0 radical (unpaired) electrons. The van der Waals surface area contributed by atoms with Gasteiger partial charge in [-0.2, -0.15) is 0 Å². The summed E-state index contributed by atoms with van der Waals surface area (Å²) in [6.45, 7) is 1.18. The summed E-state index contributed by atoms with van der Waals surface area (Å²) >= 11 is 0. The Hall–Kier alpha value is -3.68. The molecule has 34 heavy (non-hydrogen) atoms. The number of ether oxygens (including phenoxy) is 2. The lowest BCUT2D eigenvalue weighted by Gasteiger charge is -2.13. The fraction of sp³-hybridized carbons (Fsp3) is 0.450. The van der Waals surface area contributed by atoms with E-state index in [4.69, 9.17) is 9.15 Å². The topological polar surface area (TPSA) is 129 Å². The molecule has 0 spiro atoms. The van der Waals surface area contributed by atoms with Crippen molar-refractivity contribution in [3.63, 3.8) is 0 Å². The molecule has 5 rings (SSSR count). The van der Waals surface area contributed by atoms with E-state index in [0.29, 0.717) is 19.5 Å². The van der Waals surface area contributed by atoms with Crippen molar-refractivity contribution in [1.82, 2.24) is 35.8 Å². The van der Waals surface area contributed by atoms with E-state index < -0.39 is 18.0 Å². The van der Waals surface area contributed by atoms with Crippen LogP contribution in [0.1, 0.15) is 29.9 Å². The summed E-state index contributed by atoms with van der Waals surface area (Å²) in [4.78, 5) is 12.6. The van der Waals surface area contributed by atoms with Gasteiger partial charge in [0.05, 0.1) is 24.4 Å². The molecule has 1 saturated carbocycles. The number of carbonyl (C=O) groups is 1. The van der Waals surface area contributed by atoms with Gasteiger partial charge in [0.1, 0.15) is 11.5 Å². The number of hydrogen-bond donors (Lipinski definition) is 2. The Morgan fingerprint density at radius 1 is 1.29 bits per heavy atom. The zero-order valence-electron chi connectivity index (χ0n) is 17.7. The van der Waals surface area contributed by atoms with Crippen molar-refractivity contribution < 1.29 is 31.9 Å². The zero-order chi connectivity index (χ0) is 23.7. The molecule has 1 aromatic carbocycles. The van der Waals surface area contributed by atoms with Crippen LogP contribution in [-0.4, -0.2) is 62.2 Å². The number of benzene rings is 1. The summed E-state index contributed by atoms with van der Waals surface area (Å²) in [6, 6.07) is 3.52. The van der Waals surface area contributed by atoms with Crippen LogP contribution in [0, 0.1) is 0 Å². The van der Waals surface area contributed by atoms with Gasteiger partial charge in [0, 0.05) is 30.9 Å². The third-order valence-corrected chi connectivity index (χ3v) is 5.29. The van der Waals surface area contributed by atoms with Gasteiger partial charge in [0.15, 0.2) is 0 Å². The van der Waals surface area contributed by atoms with Crippen molar-refractivity contribution in [3.05, 3.63) is 36.5 Å². The van der Waals surface area contributed by atoms with E-state index in [-0.39, 0.29) is 41.3 Å². The van der Waals surface area contributed by atoms with Gasteiger partial charge in [-0.3, -0.25) is 9.48 Å². The second-order valence-electron chi connectivity index (χ2n) is 8.07. The number of aromatic nitrogens is 5. The molecule has 1 saturated heterocycles. The molecule has 180 valence electrons. The average molecular weight is 479 g/mol. The first-order valence-corrected chi connectivity index (χ1v) is 10.6. The number of carbonyl (C=O) groups excluding carboxylic acids is 1. The van der Waals surface area contributed by atoms with Gasteiger partial charge < -0.3 is 24.5 Å². The molecule has 3 heterocycles. The highest BCUT2D eigenvalue weighted by Gasteiger charge is 2.33. The van der Waals surface area contributed by atoms with Gasteiger partial charge in [-0.25, -0.2) is 0 Å². The van der Waals surface area contributed by atoms with Crippen molar-refractivity contribution in [2.24, 2.45) is 0 Å². The third-order valence-electron chi connectivity index (χ3n) is 5.29. The van der Waals surface area contributed by atoms with Gasteiger partial charge >= 0.3 is 18.2 Å². The van der Waals surface area contributed by atoms with E-state index in [2.05, 4.69) is 35.9 Å². The normalized spacial score (nSPS) is 20.3. The molecule has 1 amide bonds. The summed E-state index contributed by atoms with van der Waals surface area (Å²) in [5.74, 6) is -1.18. The van der Waals surface area contributed by atoms with Crippen LogP contribution in [-0.2, 0) is 6.54 Å². The van der Waals surface area contributed by atoms with Crippen molar-refractivity contribution in [2.45, 2.75) is 50.4 Å². The fourth-order valence-electron chi connectivity index (χ4n) is 3.63. The van der Waals surface area contributed by atoms with Gasteiger partial charge in [0.25, 0.3) is 5.89 Å². The Bertz CT molecular complexity index is 1150. The lowest BCUT2D eigenvalue weighted by Crippen LogP contribution is -2.36. The van der Waals surface area contributed by atoms with Gasteiger partial charge in [-0.15, -0.1) is 28.5 Å². The number of amides is 1. The molecule has 0 unspecified atom stereocenters. The maximum Gasteiger partial charge on any atom is 0.573 e. The maximum absolute atomic E-state index is 12.6. The van der Waals surface area contributed by atoms with Gasteiger partial charge in [-0.05, 0) is 31.4 Å². The van der Waals surface area contributed by atoms with Crippen molar-refractivity contribution in [3.8, 4) is 23.0 Å². The molecule has 2 fully saturated rings. The molecule has 0 bridgehead atoms. The molecule has 2 aromatic heterocycles. The maximum atomic E-state index is 12.6. The number of halogens is 3. The summed E-state index contributed by atoms with van der Waals surface area (Å²) in [7, 11) is 0. The van der Waals surface area contributed by atoms with Crippen LogP contribution in [0.4, 0.5) is 13.2 Å². The molecular formula is C20H20F3N7O4. The molecular weight excluding hydrogens is 459 g/mol. The van der Waals surface area contributed by atoms with E-state index in [1.165, 1.54) is 6.07 Å². The van der Waals surface area contributed by atoms with Crippen molar-refractivity contribution >= 4 is 5.91 Å². The number of rotatable bonds is 8. The van der Waals surface area contributed by atoms with Crippen molar-refractivity contribution in [2.75, 3.05) is 6.54 Å². The summed E-state index contributed by atoms with van der Waals surface area (Å²) in [6.07, 6.45) is 0.661. The summed E-state index contributed by atoms with van der Waals surface area (Å²) in [5, 5.41) is 21.5. The van der Waals surface area contributed by atoms with Crippen LogP contribution in [0.2, 0.25) is 0 Å². The monoisotopic (exact) mass is 479 g/mol. The number of nitrogens with zero attached hydrogens (tertiary/aromatic N) is 5. The molecule has 2 aliphatic rings. The van der Waals surface area contributed by atoms with Crippen molar-refractivity contribution in [1.29, 1.82) is 0 Å². The lowest BCUT2D eigenvalue weighted by molar-refractivity contribution is -0.274. The molecule has 2 atom stereocenters. The lowest BCUT2D eigenvalue weighted by atomic mass is 10.1. The highest BCUT2D eigenvalue weighted by atomic mass is 19.4. The van der Waals surface area contributed by atoms with Crippen LogP contribution >= 0.6 is 0 Å². The van der Waals surface area contributed by atoms with Crippen LogP contribution in [0.3, 0.4) is 0 Å². The predicted molar refractivity (Wildman–Crippen MR) is 108 cm³/mol. The van der Waals surface area contributed by atoms with E-state index in [9.17, 15) is 18.0 Å². The minimum atomic E-state index is -4.84. The van der Waals surface area contributed by atoms with E-state index >= 15 is 0 Å². The largest absolute Gasteiger partial charge is 0.573 e. The number of nitrogens with one attached hydrogen (secondary N) is 2. The van der Waals surface area contributed by atoms with Crippen LogP contribution < -0.4 is 20.1 Å². The predicted octanol–water partition coefficient (Wildman–Crippen LogP) is 1.93. The SMILES string of the molecule is O=C(N[C@H]1CN[C@H](Cn2ccnn2)C1)c1nnc(-c2ccc(OC(F)(F)F)cc2OC2CC2)o1. The van der Waals surface area contributed by atoms with Gasteiger partial charge in [-0.1, -0.05) is 5.21 Å². The third kappa shape index (κ3) is 5.44. The van der Waals surface area contributed by atoms with Crippen LogP contribution in [0.15, 0.2) is 35.0 Å². The molecule has 1 aliphatic heterocycles. The Kier molecular flexibility index (Phi) is 5.81. The first-order chi connectivity index (χ1) is 16.3. The molecule has 11 nitrogen and oxygen atoms in total. The smallest absolute Gasteiger partial charge is 0.489 e. The summed E-state index contributed by atoms with van der Waals surface area (Å²) < 4.78 is 54.7. The van der Waals surface area contributed by atoms with Crippen LogP contribution in [0.5, 0.6) is 11.5 Å². The second kappa shape index (κ2) is 8.93. The minimum Gasteiger partial charge on any atom is -0.489 e. The molecule has 14 heteroatoms. The van der Waals surface area contributed by atoms with Crippen LogP contribution in [0.25, 0.3) is 11.5 Å². The molecule has 2 N–H and O–H groups in total. The van der Waals surface area contributed by atoms with E-state index in [0.717, 1.165) is 25.0 Å². The summed E-state index contributed by atoms with van der Waals surface area (Å²) in [5.41, 5.74) is 0.267. The quantitative estimate of drug-likeness (QED) is 0.498. The average Bonchev–Trinajstić information content (AvgIpc) is 3.17. The highest BCUT2D eigenvalue weighted by Crippen LogP contribution is 2.38.